The number of aliphatic hydroxyl groups excluding tert-OH is 1. The van der Waals surface area contributed by atoms with Gasteiger partial charge in [-0.25, -0.2) is 9.59 Å². The molecule has 3 fully saturated rings. The normalized spacial score (nSPS) is 33.5. The van der Waals surface area contributed by atoms with Gasteiger partial charge in [0.2, 0.25) is 0 Å². The molecule has 9 nitrogen and oxygen atoms in total. The van der Waals surface area contributed by atoms with E-state index in [-0.39, 0.29) is 24.6 Å². The van der Waals surface area contributed by atoms with Crippen LogP contribution in [0.25, 0.3) is 0 Å². The maximum Gasteiger partial charge on any atom is 0.410 e. The maximum absolute atomic E-state index is 12.5. The summed E-state index contributed by atoms with van der Waals surface area (Å²) in [5.74, 6) is 0.365. The molecule has 3 aliphatic rings. The molecule has 0 aromatic rings. The molecule has 1 N–H and O–H groups in total. The van der Waals surface area contributed by atoms with Crippen molar-refractivity contribution in [2.24, 2.45) is 17.8 Å². The molecule has 3 rings (SSSR count). The average Bonchev–Trinajstić information content (AvgIpc) is 3.12. The monoisotopic (exact) mass is 440 g/mol. The van der Waals surface area contributed by atoms with E-state index in [2.05, 4.69) is 4.90 Å². The number of ether oxygens (including phenoxy) is 3. The fraction of sp³-hybridized carbons (Fsp3) is 0.864. The number of nitrogens with zero attached hydrogens (tertiary/aromatic N) is 2. The quantitative estimate of drug-likeness (QED) is 0.488. The smallest absolute Gasteiger partial charge is 0.410 e. The van der Waals surface area contributed by atoms with Crippen molar-refractivity contribution in [3.63, 3.8) is 0 Å². The third-order valence-corrected chi connectivity index (χ3v) is 6.98. The van der Waals surface area contributed by atoms with Gasteiger partial charge in [-0.1, -0.05) is 0 Å². The van der Waals surface area contributed by atoms with Gasteiger partial charge in [0, 0.05) is 26.1 Å². The van der Waals surface area contributed by atoms with Crippen LogP contribution < -0.4 is 0 Å². The van der Waals surface area contributed by atoms with Crippen LogP contribution in [0.4, 0.5) is 4.79 Å². The Balaban J connectivity index is 1.64. The van der Waals surface area contributed by atoms with Crippen molar-refractivity contribution in [2.45, 2.75) is 64.1 Å². The number of aliphatic hydroxyl groups is 1. The van der Waals surface area contributed by atoms with Crippen LogP contribution in [0, 0.1) is 17.8 Å². The van der Waals surface area contributed by atoms with Crippen LogP contribution in [0.2, 0.25) is 0 Å². The molecule has 176 valence electrons. The van der Waals surface area contributed by atoms with Crippen molar-refractivity contribution in [3.8, 4) is 0 Å². The summed E-state index contributed by atoms with van der Waals surface area (Å²) in [5, 5.41) is 10.1. The zero-order chi connectivity index (χ0) is 22.5. The van der Waals surface area contributed by atoms with Gasteiger partial charge in [-0.15, -0.1) is 0 Å². The van der Waals surface area contributed by atoms with Gasteiger partial charge < -0.3 is 19.3 Å². The minimum atomic E-state index is -0.617. The fourth-order valence-electron chi connectivity index (χ4n) is 5.59. The Morgan fingerprint density at radius 3 is 2.23 bits per heavy atom. The summed E-state index contributed by atoms with van der Waals surface area (Å²) in [6.45, 7) is 5.86. The zero-order valence-electron chi connectivity index (χ0n) is 18.8. The summed E-state index contributed by atoms with van der Waals surface area (Å²) in [5.41, 5.74) is 0. The largest absolute Gasteiger partial charge is 0.465 e. The number of rotatable bonds is 6. The highest BCUT2D eigenvalue weighted by Crippen LogP contribution is 2.42. The molecule has 2 heterocycles. The Bertz CT molecular complexity index is 658. The highest BCUT2D eigenvalue weighted by atomic mass is 16.6. The van der Waals surface area contributed by atoms with Gasteiger partial charge in [-0.3, -0.25) is 14.6 Å². The van der Waals surface area contributed by atoms with Crippen LogP contribution in [0.15, 0.2) is 0 Å². The molecule has 0 spiro atoms. The number of hydrogen-bond donors (Lipinski definition) is 1. The first-order valence-electron chi connectivity index (χ1n) is 11.5. The predicted octanol–water partition coefficient (Wildman–Crippen LogP) is 1.42. The molecule has 6 atom stereocenters. The third-order valence-electron chi connectivity index (χ3n) is 6.98. The SMILES string of the molecule is CCOC(=O)C1CC2C[C@@H](CN3C[C@H](O)C[C@H]3C(=O)OCC)CC[C@H]2CN1C(=O)OC. The van der Waals surface area contributed by atoms with Crippen molar-refractivity contribution in [1.29, 1.82) is 0 Å². The van der Waals surface area contributed by atoms with Gasteiger partial charge in [0.1, 0.15) is 12.1 Å². The van der Waals surface area contributed by atoms with E-state index in [1.807, 2.05) is 0 Å². The minimum absolute atomic E-state index is 0.263. The predicted molar refractivity (Wildman–Crippen MR) is 111 cm³/mol. The van der Waals surface area contributed by atoms with Crippen LogP contribution in [0.1, 0.15) is 46.0 Å². The number of β-amino-alcohol motifs (C(OH)–C–C–N with tert-alkyl or cyclic N) is 1. The lowest BCUT2D eigenvalue weighted by atomic mass is 9.69. The fourth-order valence-corrected chi connectivity index (χ4v) is 5.59. The van der Waals surface area contributed by atoms with E-state index < -0.39 is 18.2 Å². The van der Waals surface area contributed by atoms with E-state index in [1.165, 1.54) is 12.0 Å². The van der Waals surface area contributed by atoms with E-state index in [0.717, 1.165) is 25.8 Å². The van der Waals surface area contributed by atoms with Crippen LogP contribution in [0.3, 0.4) is 0 Å². The summed E-state index contributed by atoms with van der Waals surface area (Å²) in [7, 11) is 1.33. The molecule has 2 saturated heterocycles. The second-order valence-corrected chi connectivity index (χ2v) is 8.94. The number of amides is 1. The Morgan fingerprint density at radius 2 is 1.58 bits per heavy atom. The number of esters is 2. The number of carbonyl (C=O) groups excluding carboxylic acids is 3. The summed E-state index contributed by atoms with van der Waals surface area (Å²) in [6, 6.07) is -1.01. The van der Waals surface area contributed by atoms with Gasteiger partial charge in [0.25, 0.3) is 0 Å². The number of hydrogen-bond acceptors (Lipinski definition) is 8. The Labute approximate surface area is 184 Å². The van der Waals surface area contributed by atoms with Crippen molar-refractivity contribution in [1.82, 2.24) is 9.80 Å². The molecular weight excluding hydrogens is 404 g/mol. The van der Waals surface area contributed by atoms with Crippen molar-refractivity contribution in [2.75, 3.05) is 40.0 Å². The third kappa shape index (κ3) is 5.49. The molecule has 0 aromatic carbocycles. The number of piperidine rings is 1. The van der Waals surface area contributed by atoms with E-state index >= 15 is 0 Å². The summed E-state index contributed by atoms with van der Waals surface area (Å²) in [6.07, 6.45) is 2.86. The molecule has 1 aliphatic carbocycles. The number of fused-ring (bicyclic) bond motifs is 1. The van der Waals surface area contributed by atoms with E-state index in [0.29, 0.717) is 50.3 Å². The first-order chi connectivity index (χ1) is 14.9. The summed E-state index contributed by atoms with van der Waals surface area (Å²) in [4.78, 5) is 40.7. The Hall–Kier alpha value is -1.87. The standard InChI is InChI=1S/C22H36N2O7/c1-4-30-20(26)18-10-17(25)13-23(18)11-14-6-7-15-12-24(22(28)29-3)19(9-16(15)8-14)21(27)31-5-2/h14-19,25H,4-13H2,1-3H3/t14-,15-,16?,17+,18-,19?/m0/s1. The first-order valence-corrected chi connectivity index (χ1v) is 11.5. The van der Waals surface area contributed by atoms with Crippen LogP contribution >= 0.6 is 0 Å². The minimum Gasteiger partial charge on any atom is -0.465 e. The average molecular weight is 441 g/mol. The van der Waals surface area contributed by atoms with Gasteiger partial charge in [-0.05, 0) is 57.3 Å². The number of carbonyl (C=O) groups is 3. The van der Waals surface area contributed by atoms with E-state index in [9.17, 15) is 19.5 Å². The van der Waals surface area contributed by atoms with E-state index in [4.69, 9.17) is 14.2 Å². The molecule has 1 saturated carbocycles. The van der Waals surface area contributed by atoms with Crippen LogP contribution in [-0.2, 0) is 23.8 Å². The lowest BCUT2D eigenvalue weighted by Gasteiger charge is -2.46. The lowest BCUT2D eigenvalue weighted by Crippen LogP contribution is -2.55. The molecule has 0 aromatic heterocycles. The van der Waals surface area contributed by atoms with E-state index in [1.54, 1.807) is 13.8 Å². The molecule has 2 aliphatic heterocycles. The summed E-state index contributed by atoms with van der Waals surface area (Å²) >= 11 is 0. The van der Waals surface area contributed by atoms with Gasteiger partial charge in [0.05, 0.1) is 26.4 Å². The lowest BCUT2D eigenvalue weighted by molar-refractivity contribution is -0.153. The Kier molecular flexibility index (Phi) is 8.16. The molecule has 0 radical (unpaired) electrons. The van der Waals surface area contributed by atoms with Gasteiger partial charge in [0.15, 0.2) is 0 Å². The van der Waals surface area contributed by atoms with Crippen molar-refractivity contribution < 1.29 is 33.7 Å². The zero-order valence-corrected chi connectivity index (χ0v) is 18.8. The Morgan fingerprint density at radius 1 is 0.903 bits per heavy atom. The maximum atomic E-state index is 12.5. The first kappa shape index (κ1) is 23.8. The van der Waals surface area contributed by atoms with Crippen LogP contribution in [0.5, 0.6) is 0 Å². The molecular formula is C22H36N2O7. The van der Waals surface area contributed by atoms with Gasteiger partial charge in [-0.2, -0.15) is 0 Å². The van der Waals surface area contributed by atoms with Gasteiger partial charge >= 0.3 is 18.0 Å². The second kappa shape index (κ2) is 10.6. The number of methoxy groups -OCH3 is 1. The molecule has 1 amide bonds. The highest BCUT2D eigenvalue weighted by molar-refractivity contribution is 5.81. The number of likely N-dealkylation sites (tertiary alicyclic amines) is 2. The van der Waals surface area contributed by atoms with Crippen molar-refractivity contribution in [3.05, 3.63) is 0 Å². The topological polar surface area (TPSA) is 106 Å². The summed E-state index contributed by atoms with van der Waals surface area (Å²) < 4.78 is 15.3. The highest BCUT2D eigenvalue weighted by Gasteiger charge is 2.46. The molecule has 2 unspecified atom stereocenters. The van der Waals surface area contributed by atoms with Crippen LogP contribution in [-0.4, -0.2) is 91.1 Å². The molecule has 31 heavy (non-hydrogen) atoms. The molecule has 0 bridgehead atoms. The van der Waals surface area contributed by atoms with Crippen molar-refractivity contribution >= 4 is 18.0 Å². The second-order valence-electron chi connectivity index (χ2n) is 8.94. The molecule has 9 heteroatoms.